The molecule has 174 valence electrons. The molecular weight excluding hydrogens is 430 g/mol. The van der Waals surface area contributed by atoms with Crippen LogP contribution in [0, 0.1) is 0 Å². The predicted molar refractivity (Wildman–Crippen MR) is 133 cm³/mol. The number of fused-ring (bicyclic) bond motifs is 2. The first-order valence-electron chi connectivity index (χ1n) is 10.9. The largest absolute Gasteiger partial charge is 0.508 e. The van der Waals surface area contributed by atoms with E-state index in [0.29, 0.717) is 6.61 Å². The molecular formula is C28H27NO5. The summed E-state index contributed by atoms with van der Waals surface area (Å²) in [6.07, 6.45) is 2.16. The van der Waals surface area contributed by atoms with Gasteiger partial charge in [0.05, 0.1) is 5.52 Å². The average Bonchev–Trinajstić information content (AvgIpc) is 3.18. The molecule has 0 saturated carbocycles. The quantitative estimate of drug-likeness (QED) is 0.328. The fraction of sp³-hybridized carbons (Fsp3) is 0.179. The number of aromatic hydroxyl groups is 2. The van der Waals surface area contributed by atoms with E-state index in [1.165, 1.54) is 0 Å². The van der Waals surface area contributed by atoms with Gasteiger partial charge in [-0.2, -0.15) is 0 Å². The molecule has 0 atom stereocenters. The minimum atomic E-state index is -0.250. The predicted octanol–water partition coefficient (Wildman–Crippen LogP) is 5.86. The van der Waals surface area contributed by atoms with Crippen molar-refractivity contribution in [2.45, 2.75) is 26.3 Å². The summed E-state index contributed by atoms with van der Waals surface area (Å²) in [5, 5.41) is 27.9. The number of ether oxygens (including phenoxy) is 1. The Hall–Kier alpha value is -4.19. The van der Waals surface area contributed by atoms with E-state index < -0.39 is 0 Å². The Bertz CT molecular complexity index is 1370. The highest BCUT2D eigenvalue weighted by molar-refractivity contribution is 6.07. The molecule has 0 fully saturated rings. The van der Waals surface area contributed by atoms with Crippen molar-refractivity contribution in [1.29, 1.82) is 0 Å². The van der Waals surface area contributed by atoms with Crippen molar-refractivity contribution >= 4 is 28.5 Å². The number of phenolic OH excluding ortho intramolecular Hbond substituents is 2. The molecule has 1 aliphatic rings. The summed E-state index contributed by atoms with van der Waals surface area (Å²) in [7, 11) is 0. The van der Waals surface area contributed by atoms with Gasteiger partial charge in [-0.05, 0) is 62.2 Å². The monoisotopic (exact) mass is 457 g/mol. The Balaban J connectivity index is 0.000000868. The maximum Gasteiger partial charge on any atom is 0.290 e. The van der Waals surface area contributed by atoms with Crippen molar-refractivity contribution in [2.75, 3.05) is 6.61 Å². The zero-order chi connectivity index (χ0) is 24.5. The van der Waals surface area contributed by atoms with Crippen molar-refractivity contribution < 1.29 is 24.9 Å². The minimum Gasteiger partial charge on any atom is -0.508 e. The highest BCUT2D eigenvalue weighted by Crippen LogP contribution is 2.44. The van der Waals surface area contributed by atoms with Crippen LogP contribution in [0.3, 0.4) is 0 Å². The van der Waals surface area contributed by atoms with Gasteiger partial charge in [0.25, 0.3) is 6.47 Å². The fourth-order valence-corrected chi connectivity index (χ4v) is 4.36. The molecule has 0 aliphatic carbocycles. The van der Waals surface area contributed by atoms with Gasteiger partial charge in [0, 0.05) is 39.9 Å². The van der Waals surface area contributed by atoms with E-state index in [9.17, 15) is 10.2 Å². The lowest BCUT2D eigenvalue weighted by Gasteiger charge is -2.25. The summed E-state index contributed by atoms with van der Waals surface area (Å²) in [5.74, 6) is 1.35. The normalized spacial score (nSPS) is 13.0. The molecule has 6 nitrogen and oxygen atoms in total. The van der Waals surface area contributed by atoms with Crippen LogP contribution in [0.2, 0.25) is 0 Å². The van der Waals surface area contributed by atoms with E-state index in [4.69, 9.17) is 14.6 Å². The second-order valence-electron chi connectivity index (χ2n) is 9.08. The summed E-state index contributed by atoms with van der Waals surface area (Å²) >= 11 is 0. The van der Waals surface area contributed by atoms with Crippen LogP contribution in [0.1, 0.15) is 37.5 Å². The van der Waals surface area contributed by atoms with Gasteiger partial charge in [-0.15, -0.1) is 0 Å². The van der Waals surface area contributed by atoms with Crippen LogP contribution in [-0.4, -0.2) is 33.0 Å². The zero-order valence-electron chi connectivity index (χ0n) is 19.3. The molecule has 1 aliphatic heterocycles. The summed E-state index contributed by atoms with van der Waals surface area (Å²) < 4.78 is 8.38. The first-order chi connectivity index (χ1) is 16.2. The number of aromatic nitrogens is 1. The third-order valence-electron chi connectivity index (χ3n) is 5.82. The molecule has 1 aromatic heterocycles. The first-order valence-corrected chi connectivity index (χ1v) is 10.9. The Labute approximate surface area is 198 Å². The van der Waals surface area contributed by atoms with Gasteiger partial charge in [0.2, 0.25) is 0 Å². The van der Waals surface area contributed by atoms with E-state index in [1.54, 1.807) is 18.2 Å². The number of hydrogen-bond acceptors (Lipinski definition) is 4. The minimum absolute atomic E-state index is 0.156. The van der Waals surface area contributed by atoms with Gasteiger partial charge in [-0.3, -0.25) is 4.79 Å². The Kier molecular flexibility index (Phi) is 6.07. The molecule has 0 unspecified atom stereocenters. The topological polar surface area (TPSA) is 91.9 Å². The highest BCUT2D eigenvalue weighted by atomic mass is 16.5. The number of para-hydroxylation sites is 1. The van der Waals surface area contributed by atoms with Crippen LogP contribution in [0.4, 0.5) is 0 Å². The molecule has 6 heteroatoms. The number of phenols is 2. The third kappa shape index (κ3) is 4.22. The molecule has 0 amide bonds. The van der Waals surface area contributed by atoms with Crippen molar-refractivity contribution in [2.24, 2.45) is 0 Å². The standard InChI is InChI=1S/C27H25NO3.CH2O2/c1-27(2,3)28-15-22(20-13-12-19(30)14-24(20)28)23-16-31-25-7-5-4-6-21(25)26(23)17-8-10-18(29)11-9-17;2-1-3/h4-15,29-30H,16H2,1-3H3;1H,(H,2,3). The number of carboxylic acid groups (broad SMARTS) is 1. The van der Waals surface area contributed by atoms with E-state index in [0.717, 1.165) is 44.5 Å². The Morgan fingerprint density at radius 3 is 2.24 bits per heavy atom. The summed E-state index contributed by atoms with van der Waals surface area (Å²) in [6, 6.07) is 20.9. The van der Waals surface area contributed by atoms with Crippen molar-refractivity contribution in [1.82, 2.24) is 4.57 Å². The first kappa shape index (κ1) is 23.0. The van der Waals surface area contributed by atoms with Gasteiger partial charge < -0.3 is 24.6 Å². The van der Waals surface area contributed by atoms with Gasteiger partial charge in [-0.25, -0.2) is 0 Å². The smallest absolute Gasteiger partial charge is 0.290 e. The second-order valence-corrected chi connectivity index (χ2v) is 9.08. The lowest BCUT2D eigenvalue weighted by atomic mass is 9.87. The fourth-order valence-electron chi connectivity index (χ4n) is 4.36. The summed E-state index contributed by atoms with van der Waals surface area (Å²) in [6.45, 7) is 6.66. The number of nitrogens with zero attached hydrogens (tertiary/aromatic N) is 1. The van der Waals surface area contributed by atoms with Crippen LogP contribution in [0.5, 0.6) is 17.2 Å². The summed E-state index contributed by atoms with van der Waals surface area (Å²) in [4.78, 5) is 8.36. The second kappa shape index (κ2) is 8.98. The Morgan fingerprint density at radius 2 is 1.56 bits per heavy atom. The third-order valence-corrected chi connectivity index (χ3v) is 5.82. The van der Waals surface area contributed by atoms with Crippen LogP contribution in [-0.2, 0) is 10.3 Å². The van der Waals surface area contributed by atoms with Crippen molar-refractivity contribution in [3.05, 3.63) is 89.6 Å². The molecule has 3 aromatic carbocycles. The maximum absolute atomic E-state index is 10.2. The van der Waals surface area contributed by atoms with E-state index in [1.807, 2.05) is 42.5 Å². The maximum atomic E-state index is 10.2. The van der Waals surface area contributed by atoms with Gasteiger partial charge >= 0.3 is 0 Å². The Morgan fingerprint density at radius 1 is 0.912 bits per heavy atom. The molecule has 0 bridgehead atoms. The van der Waals surface area contributed by atoms with E-state index >= 15 is 0 Å². The van der Waals surface area contributed by atoms with Gasteiger partial charge in [0.1, 0.15) is 23.9 Å². The van der Waals surface area contributed by atoms with Gasteiger partial charge in [0.15, 0.2) is 0 Å². The highest BCUT2D eigenvalue weighted by Gasteiger charge is 2.27. The lowest BCUT2D eigenvalue weighted by molar-refractivity contribution is -0.122. The van der Waals surface area contributed by atoms with Crippen LogP contribution in [0.25, 0.3) is 22.0 Å². The molecule has 0 spiro atoms. The number of hydrogen-bond donors (Lipinski definition) is 3. The molecule has 4 aromatic rings. The molecule has 2 heterocycles. The summed E-state index contributed by atoms with van der Waals surface area (Å²) in [5.41, 5.74) is 6.16. The number of carbonyl (C=O) groups is 1. The zero-order valence-corrected chi connectivity index (χ0v) is 19.3. The van der Waals surface area contributed by atoms with Crippen LogP contribution in [0.15, 0.2) is 72.9 Å². The molecule has 0 radical (unpaired) electrons. The van der Waals surface area contributed by atoms with Crippen LogP contribution < -0.4 is 4.74 Å². The lowest BCUT2D eigenvalue weighted by Crippen LogP contribution is -2.20. The molecule has 5 rings (SSSR count). The van der Waals surface area contributed by atoms with E-state index in [2.05, 4.69) is 37.6 Å². The SMILES string of the molecule is CC(C)(C)n1cc(C2=C(c3ccc(O)cc3)c3ccccc3OC2)c2ccc(O)cc21.O=CO. The number of rotatable bonds is 2. The average molecular weight is 458 g/mol. The van der Waals surface area contributed by atoms with Gasteiger partial charge in [-0.1, -0.05) is 30.3 Å². The van der Waals surface area contributed by atoms with E-state index in [-0.39, 0.29) is 23.5 Å². The number of benzene rings is 3. The van der Waals surface area contributed by atoms with Crippen molar-refractivity contribution in [3.8, 4) is 17.2 Å². The van der Waals surface area contributed by atoms with Crippen LogP contribution >= 0.6 is 0 Å². The van der Waals surface area contributed by atoms with Crippen molar-refractivity contribution in [3.63, 3.8) is 0 Å². The molecule has 3 N–H and O–H groups in total. The molecule has 0 saturated heterocycles. The molecule has 34 heavy (non-hydrogen) atoms.